The van der Waals surface area contributed by atoms with Crippen molar-refractivity contribution in [3.63, 3.8) is 0 Å². The molecule has 0 amide bonds. The van der Waals surface area contributed by atoms with Gasteiger partial charge < -0.3 is 19.6 Å². The Kier molecular flexibility index (Phi) is 5.39. The maximum atomic E-state index is 11.3. The number of nitrogens with one attached hydrogen (secondary N) is 1. The molecule has 1 aromatic heterocycles. The molecule has 2 fully saturated rings. The van der Waals surface area contributed by atoms with Gasteiger partial charge in [-0.2, -0.15) is 0 Å². The molecule has 2 aliphatic rings. The normalized spacial score (nSPS) is 23.8. The van der Waals surface area contributed by atoms with Gasteiger partial charge in [-0.3, -0.25) is 4.90 Å². The number of fused-ring (bicyclic) bond motifs is 1. The van der Waals surface area contributed by atoms with Crippen LogP contribution in [0.3, 0.4) is 0 Å². The third kappa shape index (κ3) is 3.65. The summed E-state index contributed by atoms with van der Waals surface area (Å²) in [4.78, 5) is 21.6. The van der Waals surface area contributed by atoms with Crippen molar-refractivity contribution in [3.05, 3.63) is 58.9 Å². The van der Waals surface area contributed by atoms with Crippen LogP contribution >= 0.6 is 0 Å². The van der Waals surface area contributed by atoms with Gasteiger partial charge in [0.05, 0.1) is 35.6 Å². The Morgan fingerprint density at radius 1 is 1.34 bits per heavy atom. The second kappa shape index (κ2) is 8.22. The molecule has 0 radical (unpaired) electrons. The lowest BCUT2D eigenvalue weighted by molar-refractivity contribution is -0.0676. The SMILES string of the molecule is COc1cc(C)c2nc[nH]c2c1CN1CC[C@@]2(CCCO2)C[C@H]1c1ccc(C(=O)O)cc1. The van der Waals surface area contributed by atoms with Crippen molar-refractivity contribution in [2.45, 2.75) is 50.8 Å². The number of aryl methyl sites for hydroxylation is 1. The van der Waals surface area contributed by atoms with Gasteiger partial charge in [-0.15, -0.1) is 0 Å². The van der Waals surface area contributed by atoms with Crippen molar-refractivity contribution in [2.75, 3.05) is 20.3 Å². The predicted octanol–water partition coefficient (Wildman–Crippen LogP) is 4.46. The third-order valence-electron chi connectivity index (χ3n) is 7.13. The molecule has 7 heteroatoms. The number of ether oxygens (including phenoxy) is 2. The molecule has 2 aliphatic heterocycles. The van der Waals surface area contributed by atoms with E-state index in [0.29, 0.717) is 12.1 Å². The van der Waals surface area contributed by atoms with Crippen molar-refractivity contribution in [1.82, 2.24) is 14.9 Å². The Labute approximate surface area is 187 Å². The Hall–Kier alpha value is -2.90. The number of methoxy groups -OCH3 is 1. The van der Waals surface area contributed by atoms with Crippen LogP contribution in [-0.4, -0.2) is 51.8 Å². The Balaban J connectivity index is 1.52. The summed E-state index contributed by atoms with van der Waals surface area (Å²) >= 11 is 0. The van der Waals surface area contributed by atoms with Crippen LogP contribution in [0.25, 0.3) is 11.0 Å². The predicted molar refractivity (Wildman–Crippen MR) is 121 cm³/mol. The number of aromatic amines is 1. The first-order valence-electron chi connectivity index (χ1n) is 11.2. The van der Waals surface area contributed by atoms with Gasteiger partial charge >= 0.3 is 5.97 Å². The first kappa shape index (κ1) is 21.0. The summed E-state index contributed by atoms with van der Waals surface area (Å²) in [6, 6.07) is 9.49. The number of rotatable bonds is 5. The number of hydrogen-bond acceptors (Lipinski definition) is 5. The van der Waals surface area contributed by atoms with Crippen LogP contribution in [0.5, 0.6) is 5.75 Å². The summed E-state index contributed by atoms with van der Waals surface area (Å²) in [5.41, 5.74) is 5.52. The van der Waals surface area contributed by atoms with E-state index < -0.39 is 5.97 Å². The van der Waals surface area contributed by atoms with Crippen molar-refractivity contribution in [3.8, 4) is 5.75 Å². The lowest BCUT2D eigenvalue weighted by Gasteiger charge is -2.45. The van der Waals surface area contributed by atoms with Gasteiger partial charge in [0.15, 0.2) is 0 Å². The van der Waals surface area contributed by atoms with Gasteiger partial charge in [0, 0.05) is 31.3 Å². The van der Waals surface area contributed by atoms with E-state index in [1.807, 2.05) is 19.1 Å². The highest BCUT2D eigenvalue weighted by Gasteiger charge is 2.43. The standard InChI is InChI=1S/C25H29N3O4/c1-16-12-21(31-2)19(23-22(16)26-15-27-23)14-28-10-9-25(8-3-11-32-25)13-20(28)17-4-6-18(7-5-17)24(29)30/h4-7,12,15,20H,3,8-11,13-14H2,1-2H3,(H,26,27)(H,29,30)/t20-,25-/m0/s1. The highest BCUT2D eigenvalue weighted by atomic mass is 16.5. The highest BCUT2D eigenvalue weighted by Crippen LogP contribution is 2.45. The fraction of sp³-hybridized carbons (Fsp3) is 0.440. The summed E-state index contributed by atoms with van der Waals surface area (Å²) in [5.74, 6) is -0.0460. The molecule has 0 saturated carbocycles. The number of H-pyrrole nitrogens is 1. The Bertz CT molecular complexity index is 1130. The second-order valence-electron chi connectivity index (χ2n) is 9.00. The number of carboxylic acids is 1. The molecule has 1 spiro atoms. The fourth-order valence-electron chi connectivity index (χ4n) is 5.41. The first-order chi connectivity index (χ1) is 15.5. The van der Waals surface area contributed by atoms with Crippen molar-refractivity contribution in [2.24, 2.45) is 0 Å². The molecule has 0 unspecified atom stereocenters. The van der Waals surface area contributed by atoms with Gasteiger partial charge in [-0.05, 0) is 61.9 Å². The molecule has 2 aromatic carbocycles. The quantitative estimate of drug-likeness (QED) is 0.615. The summed E-state index contributed by atoms with van der Waals surface area (Å²) in [7, 11) is 1.71. The number of hydrogen-bond donors (Lipinski definition) is 2. The maximum Gasteiger partial charge on any atom is 0.335 e. The largest absolute Gasteiger partial charge is 0.496 e. The number of likely N-dealkylation sites (tertiary alicyclic amines) is 1. The Morgan fingerprint density at radius 3 is 2.84 bits per heavy atom. The van der Waals surface area contributed by atoms with E-state index in [9.17, 15) is 9.90 Å². The minimum absolute atomic E-state index is 0.0761. The number of carbonyl (C=O) groups is 1. The molecule has 32 heavy (non-hydrogen) atoms. The Morgan fingerprint density at radius 2 is 2.16 bits per heavy atom. The van der Waals surface area contributed by atoms with Crippen LogP contribution < -0.4 is 4.74 Å². The average Bonchev–Trinajstić information content (AvgIpc) is 3.47. The lowest BCUT2D eigenvalue weighted by atomic mass is 9.81. The van der Waals surface area contributed by atoms with Gasteiger partial charge in [0.2, 0.25) is 0 Å². The third-order valence-corrected chi connectivity index (χ3v) is 7.13. The average molecular weight is 436 g/mol. The monoisotopic (exact) mass is 435 g/mol. The molecule has 7 nitrogen and oxygen atoms in total. The van der Waals surface area contributed by atoms with Crippen LogP contribution in [0.15, 0.2) is 36.7 Å². The lowest BCUT2D eigenvalue weighted by Crippen LogP contribution is -2.45. The number of benzene rings is 2. The number of aromatic nitrogens is 2. The number of aromatic carboxylic acids is 1. The molecule has 168 valence electrons. The minimum Gasteiger partial charge on any atom is -0.496 e. The van der Waals surface area contributed by atoms with E-state index in [4.69, 9.17) is 9.47 Å². The fourth-order valence-corrected chi connectivity index (χ4v) is 5.41. The van der Waals surface area contributed by atoms with Crippen LogP contribution in [0.2, 0.25) is 0 Å². The number of nitrogens with zero attached hydrogens (tertiary/aromatic N) is 2. The van der Waals surface area contributed by atoms with E-state index in [1.165, 1.54) is 0 Å². The van der Waals surface area contributed by atoms with Crippen molar-refractivity contribution < 1.29 is 19.4 Å². The molecule has 2 atom stereocenters. The van der Waals surface area contributed by atoms with Crippen LogP contribution in [-0.2, 0) is 11.3 Å². The van der Waals surface area contributed by atoms with Crippen molar-refractivity contribution >= 4 is 17.0 Å². The number of imidazole rings is 1. The van der Waals surface area contributed by atoms with E-state index >= 15 is 0 Å². The maximum absolute atomic E-state index is 11.3. The highest BCUT2D eigenvalue weighted by molar-refractivity contribution is 5.87. The molecule has 2 N–H and O–H groups in total. The second-order valence-corrected chi connectivity index (χ2v) is 9.00. The van der Waals surface area contributed by atoms with Gasteiger partial charge in [0.1, 0.15) is 5.75 Å². The number of carboxylic acid groups (broad SMARTS) is 1. The first-order valence-corrected chi connectivity index (χ1v) is 11.2. The van der Waals surface area contributed by atoms with E-state index in [1.54, 1.807) is 25.6 Å². The molecule has 0 aliphatic carbocycles. The van der Waals surface area contributed by atoms with E-state index in [2.05, 4.69) is 20.9 Å². The van der Waals surface area contributed by atoms with Gasteiger partial charge in [-0.1, -0.05) is 12.1 Å². The van der Waals surface area contributed by atoms with Gasteiger partial charge in [0.25, 0.3) is 0 Å². The molecule has 3 aromatic rings. The zero-order valence-corrected chi connectivity index (χ0v) is 18.6. The van der Waals surface area contributed by atoms with E-state index in [0.717, 1.165) is 72.3 Å². The molecule has 0 bridgehead atoms. The summed E-state index contributed by atoms with van der Waals surface area (Å²) in [6.07, 6.45) is 5.82. The molecular weight excluding hydrogens is 406 g/mol. The summed E-state index contributed by atoms with van der Waals surface area (Å²) in [5, 5.41) is 9.31. The zero-order valence-electron chi connectivity index (χ0n) is 18.6. The summed E-state index contributed by atoms with van der Waals surface area (Å²) in [6.45, 7) is 4.48. The zero-order chi connectivity index (χ0) is 22.3. The van der Waals surface area contributed by atoms with Crippen LogP contribution in [0, 0.1) is 6.92 Å². The molecular formula is C25H29N3O4. The minimum atomic E-state index is -0.904. The van der Waals surface area contributed by atoms with Crippen LogP contribution in [0.1, 0.15) is 58.8 Å². The molecule has 5 rings (SSSR count). The smallest absolute Gasteiger partial charge is 0.335 e. The molecule has 2 saturated heterocycles. The number of piperidine rings is 1. The van der Waals surface area contributed by atoms with E-state index in [-0.39, 0.29) is 11.6 Å². The van der Waals surface area contributed by atoms with Crippen molar-refractivity contribution in [1.29, 1.82) is 0 Å². The summed E-state index contributed by atoms with van der Waals surface area (Å²) < 4.78 is 12.0. The van der Waals surface area contributed by atoms with Crippen LogP contribution in [0.4, 0.5) is 0 Å². The van der Waals surface area contributed by atoms with Gasteiger partial charge in [-0.25, -0.2) is 9.78 Å². The topological polar surface area (TPSA) is 87.7 Å². The molecule has 3 heterocycles.